The average Bonchev–Trinajstić information content (AvgIpc) is 2.61. The van der Waals surface area contributed by atoms with Crippen LogP contribution in [-0.4, -0.2) is 38.9 Å². The van der Waals surface area contributed by atoms with Crippen LogP contribution in [0.5, 0.6) is 5.75 Å². The Hall–Kier alpha value is -3.09. The first-order valence-corrected chi connectivity index (χ1v) is 7.18. The molecule has 0 atom stereocenters. The number of hydrogen-bond donors (Lipinski definition) is 1. The van der Waals surface area contributed by atoms with Crippen LogP contribution in [0.25, 0.3) is 0 Å². The van der Waals surface area contributed by atoms with Gasteiger partial charge in [-0.15, -0.1) is 0 Å². The molecule has 7 heteroatoms. The van der Waals surface area contributed by atoms with Gasteiger partial charge >= 0.3 is 5.97 Å². The molecule has 0 unspecified atom stereocenters. The van der Waals surface area contributed by atoms with Crippen molar-refractivity contribution in [3.63, 3.8) is 0 Å². The molecule has 0 spiro atoms. The summed E-state index contributed by atoms with van der Waals surface area (Å²) in [4.78, 5) is 27.7. The molecule has 128 valence electrons. The molecule has 24 heavy (non-hydrogen) atoms. The Morgan fingerprint density at radius 3 is 2.79 bits per heavy atom. The fraction of sp³-hybridized carbons (Fsp3) is 0.235. The molecule has 0 heterocycles. The quantitative estimate of drug-likeness (QED) is 0.246. The smallest absolute Gasteiger partial charge is 0.341 e. The molecule has 0 fully saturated rings. The summed E-state index contributed by atoms with van der Waals surface area (Å²) in [5.74, 6) is -0.292. The Morgan fingerprint density at radius 1 is 1.25 bits per heavy atom. The number of hydrogen-bond acceptors (Lipinski definition) is 6. The van der Waals surface area contributed by atoms with Gasteiger partial charge in [0.15, 0.2) is 0 Å². The lowest BCUT2D eigenvalue weighted by molar-refractivity contribution is -0.115. The van der Waals surface area contributed by atoms with Gasteiger partial charge in [0.1, 0.15) is 18.4 Å². The molecule has 0 aliphatic rings. The van der Waals surface area contributed by atoms with Crippen molar-refractivity contribution in [1.82, 2.24) is 5.32 Å². The highest BCUT2D eigenvalue weighted by atomic mass is 16.6. The van der Waals surface area contributed by atoms with Crippen molar-refractivity contribution in [3.8, 4) is 5.75 Å². The van der Waals surface area contributed by atoms with Crippen LogP contribution >= 0.6 is 0 Å². The third-order valence-electron chi connectivity index (χ3n) is 2.69. The molecule has 0 aliphatic carbocycles. The van der Waals surface area contributed by atoms with Gasteiger partial charge in [-0.2, -0.15) is 0 Å². The predicted molar refractivity (Wildman–Crippen MR) is 89.8 cm³/mol. The number of methoxy groups -OCH3 is 1. The van der Waals surface area contributed by atoms with Gasteiger partial charge in [0, 0.05) is 18.7 Å². The van der Waals surface area contributed by atoms with Gasteiger partial charge in [-0.3, -0.25) is 4.79 Å². The molecule has 1 N–H and O–H groups in total. The second-order valence-corrected chi connectivity index (χ2v) is 4.33. The van der Waals surface area contributed by atoms with Crippen LogP contribution in [0, 0.1) is 0 Å². The van der Waals surface area contributed by atoms with Gasteiger partial charge in [-0.05, 0) is 18.2 Å². The second kappa shape index (κ2) is 11.5. The van der Waals surface area contributed by atoms with E-state index in [0.29, 0.717) is 17.7 Å². The highest BCUT2D eigenvalue weighted by Gasteiger charge is 2.11. The first kappa shape index (κ1) is 19.0. The van der Waals surface area contributed by atoms with Crippen LogP contribution in [0.2, 0.25) is 0 Å². The van der Waals surface area contributed by atoms with Crippen molar-refractivity contribution >= 4 is 18.1 Å². The van der Waals surface area contributed by atoms with Gasteiger partial charge in [-0.1, -0.05) is 23.4 Å². The molecular weight excluding hydrogens is 312 g/mol. The highest BCUT2D eigenvalue weighted by Crippen LogP contribution is 2.18. The molecular formula is C17H20N2O5. The number of carbonyl (C=O) groups excluding carboxylic acids is 2. The molecule has 1 aromatic carbocycles. The maximum atomic E-state index is 11.9. The van der Waals surface area contributed by atoms with Gasteiger partial charge < -0.3 is 19.6 Å². The van der Waals surface area contributed by atoms with E-state index < -0.39 is 5.97 Å². The normalized spacial score (nSPS) is 11.1. The molecule has 1 rings (SSSR count). The van der Waals surface area contributed by atoms with E-state index in [9.17, 15) is 9.59 Å². The van der Waals surface area contributed by atoms with E-state index in [-0.39, 0.29) is 12.5 Å². The third kappa shape index (κ3) is 7.26. The number of nitrogens with one attached hydrogen (secondary N) is 1. The number of rotatable bonds is 9. The van der Waals surface area contributed by atoms with E-state index in [1.165, 1.54) is 38.8 Å². The average molecular weight is 332 g/mol. The van der Waals surface area contributed by atoms with Crippen molar-refractivity contribution < 1.29 is 23.9 Å². The van der Waals surface area contributed by atoms with Gasteiger partial charge in [0.2, 0.25) is 5.91 Å². The Labute approximate surface area is 140 Å². The molecule has 0 saturated heterocycles. The van der Waals surface area contributed by atoms with E-state index in [1.807, 2.05) is 0 Å². The summed E-state index contributed by atoms with van der Waals surface area (Å²) >= 11 is 0. The van der Waals surface area contributed by atoms with Crippen molar-refractivity contribution in [2.75, 3.05) is 20.8 Å². The van der Waals surface area contributed by atoms with Crippen molar-refractivity contribution in [1.29, 1.82) is 0 Å². The maximum absolute atomic E-state index is 11.9. The number of oxime groups is 1. The lowest BCUT2D eigenvalue weighted by Crippen LogP contribution is -2.13. The number of benzene rings is 1. The Morgan fingerprint density at radius 2 is 2.04 bits per heavy atom. The van der Waals surface area contributed by atoms with Gasteiger partial charge in [0.25, 0.3) is 0 Å². The summed E-state index contributed by atoms with van der Waals surface area (Å²) in [6.07, 6.45) is 7.73. The zero-order valence-corrected chi connectivity index (χ0v) is 13.6. The lowest BCUT2D eigenvalue weighted by Gasteiger charge is -2.07. The van der Waals surface area contributed by atoms with Crippen LogP contribution in [0.15, 0.2) is 53.8 Å². The fourth-order valence-corrected chi connectivity index (χ4v) is 1.61. The van der Waals surface area contributed by atoms with Crippen LogP contribution in [0.1, 0.15) is 16.8 Å². The Kier molecular flexibility index (Phi) is 9.06. The van der Waals surface area contributed by atoms with E-state index >= 15 is 0 Å². The van der Waals surface area contributed by atoms with Crippen LogP contribution in [0.4, 0.5) is 0 Å². The van der Waals surface area contributed by atoms with Crippen LogP contribution in [0.3, 0.4) is 0 Å². The molecule has 0 radical (unpaired) electrons. The van der Waals surface area contributed by atoms with E-state index in [2.05, 4.69) is 15.3 Å². The lowest BCUT2D eigenvalue weighted by atomic mass is 10.2. The second-order valence-electron chi connectivity index (χ2n) is 4.33. The number of amides is 1. The van der Waals surface area contributed by atoms with E-state index in [1.54, 1.807) is 30.3 Å². The number of ether oxygens (including phenoxy) is 2. The van der Waals surface area contributed by atoms with Crippen molar-refractivity contribution in [2.24, 2.45) is 5.16 Å². The van der Waals surface area contributed by atoms with Crippen molar-refractivity contribution in [3.05, 3.63) is 54.3 Å². The van der Waals surface area contributed by atoms with E-state index in [0.717, 1.165) is 0 Å². The van der Waals surface area contributed by atoms with Gasteiger partial charge in [0.05, 0.1) is 19.9 Å². The van der Waals surface area contributed by atoms with Crippen LogP contribution in [-0.2, 0) is 14.4 Å². The zero-order chi connectivity index (χ0) is 17.6. The molecule has 0 aliphatic heterocycles. The predicted octanol–water partition coefficient (Wildman–Crippen LogP) is 2.06. The number of allylic oxidation sites excluding steroid dienone is 1. The SMILES string of the molecule is CO/N=C/C=C/C(=O)N/C=C/CCOC(=O)c1ccccc1OC. The standard InChI is InChI=1S/C17H20N2O5/c1-22-15-9-4-3-8-14(15)17(21)24-13-6-5-11-18-16(20)10-7-12-19-23-2/h3-5,7-12H,6,13H2,1-2H3,(H,18,20)/b10-7+,11-5+,19-12+. The minimum absolute atomic E-state index is 0.194. The molecule has 7 nitrogen and oxygen atoms in total. The summed E-state index contributed by atoms with van der Waals surface area (Å²) < 4.78 is 10.2. The molecule has 0 saturated carbocycles. The maximum Gasteiger partial charge on any atom is 0.341 e. The van der Waals surface area contributed by atoms with Crippen molar-refractivity contribution in [2.45, 2.75) is 6.42 Å². The summed E-state index contributed by atoms with van der Waals surface area (Å²) in [7, 11) is 2.90. The third-order valence-corrected chi connectivity index (χ3v) is 2.69. The summed E-state index contributed by atoms with van der Waals surface area (Å²) in [6, 6.07) is 6.84. The number of para-hydroxylation sites is 1. The number of carbonyl (C=O) groups is 2. The molecule has 1 amide bonds. The monoisotopic (exact) mass is 332 g/mol. The Bertz CT molecular complexity index is 623. The fourth-order valence-electron chi connectivity index (χ4n) is 1.61. The molecule has 0 aromatic heterocycles. The molecule has 0 bridgehead atoms. The van der Waals surface area contributed by atoms with Gasteiger partial charge in [-0.25, -0.2) is 4.79 Å². The first-order chi connectivity index (χ1) is 11.7. The topological polar surface area (TPSA) is 86.2 Å². The minimum Gasteiger partial charge on any atom is -0.496 e. The number of nitrogens with zero attached hydrogens (tertiary/aromatic N) is 1. The van der Waals surface area contributed by atoms with E-state index in [4.69, 9.17) is 9.47 Å². The molecule has 1 aromatic rings. The van der Waals surface area contributed by atoms with Crippen LogP contribution < -0.4 is 10.1 Å². The Balaban J connectivity index is 2.28. The summed E-state index contributed by atoms with van der Waals surface area (Å²) in [6.45, 7) is 0.194. The largest absolute Gasteiger partial charge is 0.496 e. The highest BCUT2D eigenvalue weighted by molar-refractivity contribution is 5.92. The number of esters is 1. The minimum atomic E-state index is -0.453. The summed E-state index contributed by atoms with van der Waals surface area (Å²) in [5.41, 5.74) is 0.375. The zero-order valence-electron chi connectivity index (χ0n) is 13.6. The summed E-state index contributed by atoms with van der Waals surface area (Å²) in [5, 5.41) is 5.98. The first-order valence-electron chi connectivity index (χ1n) is 7.18.